The van der Waals surface area contributed by atoms with Crippen molar-refractivity contribution in [1.29, 1.82) is 0 Å². The minimum Gasteiger partial charge on any atom is -0.497 e. The second-order valence-corrected chi connectivity index (χ2v) is 6.28. The lowest BCUT2D eigenvalue weighted by molar-refractivity contribution is 0.0830. The van der Waals surface area contributed by atoms with Crippen LogP contribution in [0.1, 0.15) is 46.4 Å². The van der Waals surface area contributed by atoms with Crippen molar-refractivity contribution >= 4 is 11.6 Å². The van der Waals surface area contributed by atoms with Crippen molar-refractivity contribution < 1.29 is 14.3 Å². The molecule has 3 rings (SSSR count). The SMILES string of the molecule is COc1ccc(C(=O)C(C(=O)c2ccccc2)C2=CCCCC2)cc1. The molecule has 2 aromatic rings. The quantitative estimate of drug-likeness (QED) is 0.430. The number of ether oxygens (including phenoxy) is 1. The number of rotatable bonds is 6. The summed E-state index contributed by atoms with van der Waals surface area (Å²) in [6, 6.07) is 16.1. The molecule has 1 aliphatic rings. The van der Waals surface area contributed by atoms with Gasteiger partial charge in [-0.3, -0.25) is 9.59 Å². The maximum absolute atomic E-state index is 13.2. The molecule has 1 aliphatic carbocycles. The average molecular weight is 334 g/mol. The first-order valence-electron chi connectivity index (χ1n) is 8.67. The first-order valence-corrected chi connectivity index (χ1v) is 8.67. The maximum Gasteiger partial charge on any atom is 0.177 e. The molecule has 0 N–H and O–H groups in total. The van der Waals surface area contributed by atoms with E-state index in [1.165, 1.54) is 0 Å². The summed E-state index contributed by atoms with van der Waals surface area (Å²) in [7, 11) is 1.59. The van der Waals surface area contributed by atoms with E-state index >= 15 is 0 Å². The molecule has 0 fully saturated rings. The summed E-state index contributed by atoms with van der Waals surface area (Å²) in [5.74, 6) is -0.283. The summed E-state index contributed by atoms with van der Waals surface area (Å²) in [5, 5.41) is 0. The van der Waals surface area contributed by atoms with Crippen LogP contribution in [0.25, 0.3) is 0 Å². The van der Waals surface area contributed by atoms with Crippen molar-refractivity contribution in [2.75, 3.05) is 7.11 Å². The summed E-state index contributed by atoms with van der Waals surface area (Å²) in [5.41, 5.74) is 2.09. The van der Waals surface area contributed by atoms with Crippen LogP contribution in [0.3, 0.4) is 0 Å². The minimum absolute atomic E-state index is 0.116. The van der Waals surface area contributed by atoms with Gasteiger partial charge in [-0.25, -0.2) is 0 Å². The molecule has 1 atom stereocenters. The molecule has 0 bridgehead atoms. The van der Waals surface area contributed by atoms with Gasteiger partial charge in [0.2, 0.25) is 0 Å². The lowest BCUT2D eigenvalue weighted by atomic mass is 9.80. The van der Waals surface area contributed by atoms with E-state index in [1.54, 1.807) is 43.5 Å². The van der Waals surface area contributed by atoms with Crippen LogP contribution in [0, 0.1) is 5.92 Å². The number of hydrogen-bond donors (Lipinski definition) is 0. The molecule has 0 radical (unpaired) electrons. The van der Waals surface area contributed by atoms with Gasteiger partial charge in [0.25, 0.3) is 0 Å². The maximum atomic E-state index is 13.2. The largest absolute Gasteiger partial charge is 0.497 e. The Bertz CT molecular complexity index is 773. The van der Waals surface area contributed by atoms with Crippen LogP contribution in [0.5, 0.6) is 5.75 Å². The highest BCUT2D eigenvalue weighted by Gasteiger charge is 2.32. The van der Waals surface area contributed by atoms with Crippen LogP contribution >= 0.6 is 0 Å². The molecular weight excluding hydrogens is 312 g/mol. The third-order valence-electron chi connectivity index (χ3n) is 4.65. The van der Waals surface area contributed by atoms with E-state index in [0.29, 0.717) is 16.9 Å². The van der Waals surface area contributed by atoms with Gasteiger partial charge >= 0.3 is 0 Å². The molecule has 0 spiro atoms. The highest BCUT2D eigenvalue weighted by Crippen LogP contribution is 2.30. The predicted molar refractivity (Wildman–Crippen MR) is 98.1 cm³/mol. The summed E-state index contributed by atoms with van der Waals surface area (Å²) < 4.78 is 5.15. The summed E-state index contributed by atoms with van der Waals surface area (Å²) >= 11 is 0. The van der Waals surface area contributed by atoms with Gasteiger partial charge < -0.3 is 4.74 Å². The molecular formula is C22H22O3. The number of Topliss-reactive ketones (excluding diaryl/α,β-unsaturated/α-hetero) is 2. The number of methoxy groups -OCH3 is 1. The van der Waals surface area contributed by atoms with E-state index in [0.717, 1.165) is 31.3 Å². The van der Waals surface area contributed by atoms with Gasteiger partial charge in [-0.1, -0.05) is 42.0 Å². The molecule has 2 aromatic carbocycles. The second-order valence-electron chi connectivity index (χ2n) is 6.28. The number of carbonyl (C=O) groups excluding carboxylic acids is 2. The van der Waals surface area contributed by atoms with Gasteiger partial charge in [0.15, 0.2) is 11.6 Å². The molecule has 0 amide bonds. The number of allylic oxidation sites excluding steroid dienone is 2. The Morgan fingerprint density at radius 3 is 2.08 bits per heavy atom. The molecule has 1 unspecified atom stereocenters. The van der Waals surface area contributed by atoms with E-state index in [2.05, 4.69) is 6.08 Å². The smallest absolute Gasteiger partial charge is 0.177 e. The van der Waals surface area contributed by atoms with E-state index in [-0.39, 0.29) is 11.6 Å². The van der Waals surface area contributed by atoms with Gasteiger partial charge in [0, 0.05) is 11.1 Å². The third-order valence-corrected chi connectivity index (χ3v) is 4.65. The molecule has 0 aliphatic heterocycles. The van der Waals surface area contributed by atoms with Gasteiger partial charge in [0.05, 0.1) is 7.11 Å². The lowest BCUT2D eigenvalue weighted by Crippen LogP contribution is -2.27. The van der Waals surface area contributed by atoms with E-state index in [4.69, 9.17) is 4.74 Å². The number of benzene rings is 2. The van der Waals surface area contributed by atoms with E-state index in [9.17, 15) is 9.59 Å². The van der Waals surface area contributed by atoms with Crippen molar-refractivity contribution in [3.63, 3.8) is 0 Å². The van der Waals surface area contributed by atoms with Crippen molar-refractivity contribution in [3.05, 3.63) is 77.4 Å². The van der Waals surface area contributed by atoms with Gasteiger partial charge in [-0.2, -0.15) is 0 Å². The number of carbonyl (C=O) groups is 2. The summed E-state index contributed by atoms with van der Waals surface area (Å²) in [6.45, 7) is 0. The third kappa shape index (κ3) is 3.87. The molecule has 25 heavy (non-hydrogen) atoms. The van der Waals surface area contributed by atoms with Crippen LogP contribution in [0.4, 0.5) is 0 Å². The lowest BCUT2D eigenvalue weighted by Gasteiger charge is -2.21. The molecule has 0 heterocycles. The average Bonchev–Trinajstić information content (AvgIpc) is 2.69. The predicted octanol–water partition coefficient (Wildman–Crippen LogP) is 4.88. The fourth-order valence-electron chi connectivity index (χ4n) is 3.27. The van der Waals surface area contributed by atoms with Gasteiger partial charge in [-0.05, 0) is 49.9 Å². The summed E-state index contributed by atoms with van der Waals surface area (Å²) in [6.07, 6.45) is 5.97. The molecule has 0 saturated carbocycles. The molecule has 3 nitrogen and oxygen atoms in total. The fourth-order valence-corrected chi connectivity index (χ4v) is 3.27. The molecule has 128 valence electrons. The van der Waals surface area contributed by atoms with E-state index < -0.39 is 5.92 Å². The van der Waals surface area contributed by atoms with Crippen molar-refractivity contribution in [1.82, 2.24) is 0 Å². The Kier molecular flexibility index (Phi) is 5.44. The topological polar surface area (TPSA) is 43.4 Å². The second kappa shape index (κ2) is 7.93. The Labute approximate surface area is 148 Å². The molecule has 0 saturated heterocycles. The van der Waals surface area contributed by atoms with Crippen LogP contribution in [0.2, 0.25) is 0 Å². The van der Waals surface area contributed by atoms with Gasteiger partial charge in [-0.15, -0.1) is 0 Å². The standard InChI is InChI=1S/C22H22O3/c1-25-19-14-12-18(13-15-19)22(24)20(16-8-4-2-5-9-16)21(23)17-10-6-3-7-11-17/h3,6-8,10-15,20H,2,4-5,9H2,1H3. The number of ketones is 2. The van der Waals surface area contributed by atoms with Crippen molar-refractivity contribution in [3.8, 4) is 5.75 Å². The first kappa shape index (κ1) is 17.2. The van der Waals surface area contributed by atoms with Crippen LogP contribution < -0.4 is 4.74 Å². The Hall–Kier alpha value is -2.68. The monoisotopic (exact) mass is 334 g/mol. The zero-order valence-corrected chi connectivity index (χ0v) is 14.4. The fraction of sp³-hybridized carbons (Fsp3) is 0.273. The Balaban J connectivity index is 1.96. The normalized spacial score (nSPS) is 15.2. The van der Waals surface area contributed by atoms with Crippen LogP contribution in [0.15, 0.2) is 66.2 Å². The zero-order valence-electron chi connectivity index (χ0n) is 14.4. The Morgan fingerprint density at radius 2 is 1.52 bits per heavy atom. The molecule has 3 heteroatoms. The van der Waals surface area contributed by atoms with Crippen molar-refractivity contribution in [2.45, 2.75) is 25.7 Å². The van der Waals surface area contributed by atoms with Gasteiger partial charge in [0.1, 0.15) is 11.7 Å². The van der Waals surface area contributed by atoms with Crippen molar-refractivity contribution in [2.24, 2.45) is 5.92 Å². The zero-order chi connectivity index (χ0) is 17.6. The molecule has 0 aromatic heterocycles. The highest BCUT2D eigenvalue weighted by molar-refractivity contribution is 6.18. The van der Waals surface area contributed by atoms with Crippen LogP contribution in [-0.2, 0) is 0 Å². The first-order chi connectivity index (χ1) is 12.2. The number of hydrogen-bond acceptors (Lipinski definition) is 3. The minimum atomic E-state index is -0.726. The van der Waals surface area contributed by atoms with Crippen LogP contribution in [-0.4, -0.2) is 18.7 Å². The summed E-state index contributed by atoms with van der Waals surface area (Å²) in [4.78, 5) is 26.3. The Morgan fingerprint density at radius 1 is 0.880 bits per heavy atom. The highest BCUT2D eigenvalue weighted by atomic mass is 16.5. The van der Waals surface area contributed by atoms with E-state index in [1.807, 2.05) is 18.2 Å².